The maximum Gasteiger partial charge on any atom is 0.244 e. The lowest BCUT2D eigenvalue weighted by molar-refractivity contribution is 0.385. The second-order valence-electron chi connectivity index (χ2n) is 6.34. The van der Waals surface area contributed by atoms with Crippen molar-refractivity contribution in [1.29, 1.82) is 0 Å². The van der Waals surface area contributed by atoms with Gasteiger partial charge in [0.2, 0.25) is 10.0 Å². The Balaban J connectivity index is 2.23. The molecule has 2 unspecified atom stereocenters. The normalized spacial score (nSPS) is 13.9. The van der Waals surface area contributed by atoms with Crippen LogP contribution in [0.2, 0.25) is 0 Å². The Morgan fingerprint density at radius 3 is 2.12 bits per heavy atom. The Morgan fingerprint density at radius 1 is 0.962 bits per heavy atom. The monoisotopic (exact) mass is 377 g/mol. The number of benzene rings is 2. The standard InChI is InChI=1S/C20H27NO4S/c1-6-14(2)16-7-9-17(10-8-16)15(3)21-26(22,23)20-12-11-18(24-4)13-19(20)25-5/h7-15,21H,6H2,1-5H3. The molecule has 5 nitrogen and oxygen atoms in total. The first kappa shape index (κ1) is 20.3. The number of nitrogens with one attached hydrogen (secondary N) is 1. The number of rotatable bonds is 8. The predicted octanol–water partition coefficient (Wildman–Crippen LogP) is 4.26. The van der Waals surface area contributed by atoms with Crippen molar-refractivity contribution < 1.29 is 17.9 Å². The SMILES string of the molecule is CCC(C)c1ccc(C(C)NS(=O)(=O)c2ccc(OC)cc2OC)cc1. The van der Waals surface area contributed by atoms with Crippen LogP contribution in [0.3, 0.4) is 0 Å². The molecule has 0 fully saturated rings. The predicted molar refractivity (Wildman–Crippen MR) is 103 cm³/mol. The van der Waals surface area contributed by atoms with Crippen molar-refractivity contribution in [2.45, 2.75) is 44.0 Å². The fourth-order valence-corrected chi connectivity index (χ4v) is 4.09. The number of ether oxygens (including phenoxy) is 2. The summed E-state index contributed by atoms with van der Waals surface area (Å²) >= 11 is 0. The van der Waals surface area contributed by atoms with Crippen LogP contribution in [0.1, 0.15) is 50.3 Å². The van der Waals surface area contributed by atoms with E-state index in [-0.39, 0.29) is 16.7 Å². The molecule has 26 heavy (non-hydrogen) atoms. The fraction of sp³-hybridized carbons (Fsp3) is 0.400. The van der Waals surface area contributed by atoms with Gasteiger partial charge in [0, 0.05) is 12.1 Å². The van der Waals surface area contributed by atoms with E-state index in [4.69, 9.17) is 9.47 Å². The maximum absolute atomic E-state index is 12.8. The molecule has 0 bridgehead atoms. The molecule has 6 heteroatoms. The molecule has 0 aliphatic rings. The van der Waals surface area contributed by atoms with E-state index < -0.39 is 10.0 Å². The smallest absolute Gasteiger partial charge is 0.244 e. The summed E-state index contributed by atoms with van der Waals surface area (Å²) in [6.07, 6.45) is 1.07. The molecule has 1 N–H and O–H groups in total. The maximum atomic E-state index is 12.8. The molecular formula is C20H27NO4S. The largest absolute Gasteiger partial charge is 0.497 e. The lowest BCUT2D eigenvalue weighted by Gasteiger charge is -2.18. The fourth-order valence-electron chi connectivity index (χ4n) is 2.71. The van der Waals surface area contributed by atoms with Gasteiger partial charge in [-0.05, 0) is 42.5 Å². The summed E-state index contributed by atoms with van der Waals surface area (Å²) in [5, 5.41) is 0. The molecule has 0 aromatic heterocycles. The highest BCUT2D eigenvalue weighted by Gasteiger charge is 2.23. The van der Waals surface area contributed by atoms with E-state index in [0.717, 1.165) is 12.0 Å². The van der Waals surface area contributed by atoms with Crippen LogP contribution in [-0.4, -0.2) is 22.6 Å². The Kier molecular flexibility index (Phi) is 6.67. The van der Waals surface area contributed by atoms with Crippen LogP contribution in [0.25, 0.3) is 0 Å². The van der Waals surface area contributed by atoms with Gasteiger partial charge in [-0.2, -0.15) is 0 Å². The molecule has 0 spiro atoms. The summed E-state index contributed by atoms with van der Waals surface area (Å²) < 4.78 is 38.6. The van der Waals surface area contributed by atoms with Gasteiger partial charge in [-0.15, -0.1) is 0 Å². The van der Waals surface area contributed by atoms with Crippen LogP contribution < -0.4 is 14.2 Å². The highest BCUT2D eigenvalue weighted by atomic mass is 32.2. The second kappa shape index (κ2) is 8.56. The van der Waals surface area contributed by atoms with E-state index in [9.17, 15) is 8.42 Å². The van der Waals surface area contributed by atoms with E-state index in [1.165, 1.54) is 25.8 Å². The van der Waals surface area contributed by atoms with Crippen LogP contribution in [0.15, 0.2) is 47.4 Å². The van der Waals surface area contributed by atoms with Gasteiger partial charge >= 0.3 is 0 Å². The van der Waals surface area contributed by atoms with E-state index in [0.29, 0.717) is 11.7 Å². The minimum Gasteiger partial charge on any atom is -0.497 e. The first-order valence-electron chi connectivity index (χ1n) is 8.66. The Hall–Kier alpha value is -2.05. The summed E-state index contributed by atoms with van der Waals surface area (Å²) in [6, 6.07) is 12.3. The van der Waals surface area contributed by atoms with Crippen LogP contribution >= 0.6 is 0 Å². The summed E-state index contributed by atoms with van der Waals surface area (Å²) in [4.78, 5) is 0.0869. The molecule has 2 aromatic carbocycles. The van der Waals surface area contributed by atoms with Gasteiger partial charge in [0.1, 0.15) is 16.4 Å². The third-order valence-electron chi connectivity index (χ3n) is 4.61. The third kappa shape index (κ3) is 4.56. The quantitative estimate of drug-likeness (QED) is 0.747. The summed E-state index contributed by atoms with van der Waals surface area (Å²) in [6.45, 7) is 6.15. The summed E-state index contributed by atoms with van der Waals surface area (Å²) in [5.41, 5.74) is 2.16. The van der Waals surface area contributed by atoms with Crippen molar-refractivity contribution in [2.75, 3.05) is 14.2 Å². The van der Waals surface area contributed by atoms with Crippen LogP contribution in [0.4, 0.5) is 0 Å². The molecule has 142 valence electrons. The zero-order valence-electron chi connectivity index (χ0n) is 15.9. The van der Waals surface area contributed by atoms with Crippen molar-refractivity contribution >= 4 is 10.0 Å². The third-order valence-corrected chi connectivity index (χ3v) is 6.19. The number of methoxy groups -OCH3 is 2. The average molecular weight is 378 g/mol. The zero-order chi connectivity index (χ0) is 19.3. The number of hydrogen-bond donors (Lipinski definition) is 1. The van der Waals surface area contributed by atoms with E-state index >= 15 is 0 Å². The van der Waals surface area contributed by atoms with Crippen molar-refractivity contribution in [3.05, 3.63) is 53.6 Å². The van der Waals surface area contributed by atoms with Gasteiger partial charge in [0.05, 0.1) is 14.2 Å². The molecule has 0 aliphatic heterocycles. The van der Waals surface area contributed by atoms with Crippen LogP contribution in [0.5, 0.6) is 11.5 Å². The van der Waals surface area contributed by atoms with Crippen molar-refractivity contribution in [3.63, 3.8) is 0 Å². The topological polar surface area (TPSA) is 64.6 Å². The van der Waals surface area contributed by atoms with Gasteiger partial charge < -0.3 is 9.47 Å². The minimum absolute atomic E-state index is 0.0869. The molecule has 0 aliphatic carbocycles. The van der Waals surface area contributed by atoms with E-state index in [2.05, 4.69) is 30.7 Å². The summed E-state index contributed by atoms with van der Waals surface area (Å²) in [5.74, 6) is 1.27. The Morgan fingerprint density at radius 2 is 1.58 bits per heavy atom. The molecule has 0 saturated carbocycles. The Bertz CT molecular complexity index is 831. The molecule has 0 radical (unpaired) electrons. The van der Waals surface area contributed by atoms with Crippen molar-refractivity contribution in [1.82, 2.24) is 4.72 Å². The molecule has 0 saturated heterocycles. The molecule has 2 rings (SSSR count). The van der Waals surface area contributed by atoms with Gasteiger partial charge in [0.15, 0.2) is 0 Å². The first-order chi connectivity index (χ1) is 12.3. The zero-order valence-corrected chi connectivity index (χ0v) is 16.8. The van der Waals surface area contributed by atoms with E-state index in [1.54, 1.807) is 12.1 Å². The molecule has 0 amide bonds. The van der Waals surface area contributed by atoms with Gasteiger partial charge in [0.25, 0.3) is 0 Å². The average Bonchev–Trinajstić information content (AvgIpc) is 2.66. The Labute approximate surface area is 156 Å². The lowest BCUT2D eigenvalue weighted by atomic mass is 9.96. The molecule has 2 aromatic rings. The van der Waals surface area contributed by atoms with E-state index in [1.807, 2.05) is 19.1 Å². The second-order valence-corrected chi connectivity index (χ2v) is 8.02. The van der Waals surface area contributed by atoms with Crippen molar-refractivity contribution in [2.24, 2.45) is 0 Å². The highest BCUT2D eigenvalue weighted by Crippen LogP contribution is 2.29. The molecule has 0 heterocycles. The molecular weight excluding hydrogens is 350 g/mol. The minimum atomic E-state index is -3.74. The lowest BCUT2D eigenvalue weighted by Crippen LogP contribution is -2.27. The number of hydrogen-bond acceptors (Lipinski definition) is 4. The highest BCUT2D eigenvalue weighted by molar-refractivity contribution is 7.89. The van der Waals surface area contributed by atoms with Gasteiger partial charge in [-0.1, -0.05) is 38.1 Å². The van der Waals surface area contributed by atoms with Gasteiger partial charge in [-0.25, -0.2) is 13.1 Å². The number of sulfonamides is 1. The first-order valence-corrected chi connectivity index (χ1v) is 10.1. The van der Waals surface area contributed by atoms with Crippen LogP contribution in [0, 0.1) is 0 Å². The van der Waals surface area contributed by atoms with Crippen molar-refractivity contribution in [3.8, 4) is 11.5 Å². The summed E-state index contributed by atoms with van der Waals surface area (Å²) in [7, 11) is -0.782. The van der Waals surface area contributed by atoms with Gasteiger partial charge in [-0.3, -0.25) is 0 Å². The molecule has 2 atom stereocenters. The van der Waals surface area contributed by atoms with Crippen LogP contribution in [-0.2, 0) is 10.0 Å².